The third-order valence-electron chi connectivity index (χ3n) is 2.42. The van der Waals surface area contributed by atoms with Crippen LogP contribution < -0.4 is 5.32 Å². The summed E-state index contributed by atoms with van der Waals surface area (Å²) in [4.78, 5) is 12.4. The van der Waals surface area contributed by atoms with Crippen molar-refractivity contribution in [1.29, 1.82) is 0 Å². The number of hydrogen-bond acceptors (Lipinski definition) is 1. The molecule has 0 aliphatic heterocycles. The maximum absolute atomic E-state index is 12.4. The molecule has 0 fully saturated rings. The fraction of sp³-hybridized carbons (Fsp3) is 0. The van der Waals surface area contributed by atoms with Crippen LogP contribution in [-0.2, 0) is 0 Å². The van der Waals surface area contributed by atoms with Gasteiger partial charge >= 0.3 is 0 Å². The molecule has 2 nitrogen and oxygen atoms in total. The molecule has 0 saturated carbocycles. The zero-order valence-electron chi connectivity index (χ0n) is 9.68. The number of nitrogens with one attached hydrogen (secondary N) is 1. The molecular formula is C13H6BrClI3NO. The van der Waals surface area contributed by atoms with Crippen LogP contribution in [0.3, 0.4) is 0 Å². The molecule has 0 spiro atoms. The van der Waals surface area contributed by atoms with Crippen molar-refractivity contribution >= 4 is 107 Å². The molecule has 0 aromatic heterocycles. The maximum Gasteiger partial charge on any atom is 0.256 e. The largest absolute Gasteiger partial charge is 0.320 e. The van der Waals surface area contributed by atoms with E-state index in [-0.39, 0.29) is 5.91 Å². The molecule has 1 N–H and O–H groups in total. The van der Waals surface area contributed by atoms with Crippen molar-refractivity contribution in [3.8, 4) is 0 Å². The quantitative estimate of drug-likeness (QED) is 0.377. The van der Waals surface area contributed by atoms with Crippen LogP contribution in [0.5, 0.6) is 0 Å². The first kappa shape index (κ1) is 17.2. The molecule has 2 aromatic carbocycles. The minimum atomic E-state index is -0.184. The first-order valence-corrected chi connectivity index (χ1v) is 9.70. The van der Waals surface area contributed by atoms with Gasteiger partial charge in [-0.2, -0.15) is 0 Å². The summed E-state index contributed by atoms with van der Waals surface area (Å²) in [5.74, 6) is -0.184. The average Bonchev–Trinajstić information content (AvgIpc) is 2.36. The molecule has 2 aromatic rings. The number of halogens is 5. The summed E-state index contributed by atoms with van der Waals surface area (Å²) in [5, 5.41) is 3.48. The second kappa shape index (κ2) is 7.42. The average molecular weight is 688 g/mol. The van der Waals surface area contributed by atoms with E-state index in [1.807, 2.05) is 12.1 Å². The Morgan fingerprint density at radius 1 is 1.10 bits per heavy atom. The maximum atomic E-state index is 12.4. The molecule has 7 heteroatoms. The summed E-state index contributed by atoms with van der Waals surface area (Å²) in [6.45, 7) is 0. The first-order valence-electron chi connectivity index (χ1n) is 5.29. The molecule has 0 atom stereocenters. The second-order valence-corrected chi connectivity index (χ2v) is 8.68. The molecule has 0 aliphatic carbocycles. The lowest BCUT2D eigenvalue weighted by atomic mass is 10.2. The summed E-state index contributed by atoms with van der Waals surface area (Å²) in [7, 11) is 0. The molecule has 0 bridgehead atoms. The Kier molecular flexibility index (Phi) is 6.40. The van der Waals surface area contributed by atoms with Gasteiger partial charge in [-0.15, -0.1) is 0 Å². The Bertz CT molecular complexity index is 670. The Morgan fingerprint density at radius 2 is 1.70 bits per heavy atom. The molecule has 2 rings (SSSR count). The smallest absolute Gasteiger partial charge is 0.256 e. The zero-order valence-corrected chi connectivity index (χ0v) is 18.5. The van der Waals surface area contributed by atoms with E-state index < -0.39 is 0 Å². The van der Waals surface area contributed by atoms with Gasteiger partial charge in [-0.05, 0) is 114 Å². The molecule has 0 heterocycles. The standard InChI is InChI=1S/C13H6BrClI3NO/c14-9-2-1-6(15)3-8(9)13(20)19-12-10(17)4-7(16)5-11(12)18/h1-5H,(H,19,20). The fourth-order valence-electron chi connectivity index (χ4n) is 1.51. The minimum Gasteiger partial charge on any atom is -0.320 e. The van der Waals surface area contributed by atoms with Gasteiger partial charge in [0.15, 0.2) is 0 Å². The van der Waals surface area contributed by atoms with Crippen molar-refractivity contribution in [3.05, 3.63) is 56.1 Å². The minimum absolute atomic E-state index is 0.184. The number of hydrogen-bond donors (Lipinski definition) is 1. The van der Waals surface area contributed by atoms with Crippen molar-refractivity contribution in [3.63, 3.8) is 0 Å². The van der Waals surface area contributed by atoms with Crippen molar-refractivity contribution in [1.82, 2.24) is 0 Å². The lowest BCUT2D eigenvalue weighted by molar-refractivity contribution is 0.102. The number of carbonyl (C=O) groups excluding carboxylic acids is 1. The van der Waals surface area contributed by atoms with E-state index >= 15 is 0 Å². The van der Waals surface area contributed by atoms with Gasteiger partial charge in [0.25, 0.3) is 5.91 Å². The van der Waals surface area contributed by atoms with Crippen molar-refractivity contribution < 1.29 is 4.79 Å². The van der Waals surface area contributed by atoms with Crippen LogP contribution in [0.15, 0.2) is 34.8 Å². The fourth-order valence-corrected chi connectivity index (χ4v) is 5.97. The van der Waals surface area contributed by atoms with E-state index in [2.05, 4.69) is 89.0 Å². The third kappa shape index (κ3) is 4.20. The van der Waals surface area contributed by atoms with Gasteiger partial charge in [-0.1, -0.05) is 11.6 Å². The van der Waals surface area contributed by atoms with Gasteiger partial charge in [0.1, 0.15) is 0 Å². The summed E-state index contributed by atoms with van der Waals surface area (Å²) in [6, 6.07) is 9.19. The summed E-state index contributed by atoms with van der Waals surface area (Å²) in [6.07, 6.45) is 0. The van der Waals surface area contributed by atoms with Crippen LogP contribution >= 0.6 is 95.3 Å². The van der Waals surface area contributed by atoms with Crippen LogP contribution in [0.25, 0.3) is 0 Å². The van der Waals surface area contributed by atoms with E-state index in [1.54, 1.807) is 18.2 Å². The monoisotopic (exact) mass is 687 g/mol. The van der Waals surface area contributed by atoms with Crippen LogP contribution in [0.1, 0.15) is 10.4 Å². The molecule has 0 radical (unpaired) electrons. The Morgan fingerprint density at radius 3 is 2.30 bits per heavy atom. The van der Waals surface area contributed by atoms with Crippen LogP contribution in [0, 0.1) is 10.7 Å². The van der Waals surface area contributed by atoms with Gasteiger partial charge in [-0.3, -0.25) is 4.79 Å². The van der Waals surface area contributed by atoms with Gasteiger partial charge in [0.05, 0.1) is 11.3 Å². The van der Waals surface area contributed by atoms with Gasteiger partial charge < -0.3 is 5.32 Å². The molecule has 0 saturated heterocycles. The molecular weight excluding hydrogens is 682 g/mol. The van der Waals surface area contributed by atoms with Gasteiger partial charge in [-0.25, -0.2) is 0 Å². The number of anilines is 1. The summed E-state index contributed by atoms with van der Waals surface area (Å²) >= 11 is 16.0. The van der Waals surface area contributed by atoms with Crippen LogP contribution in [0.2, 0.25) is 5.02 Å². The van der Waals surface area contributed by atoms with Gasteiger partial charge in [0.2, 0.25) is 0 Å². The van der Waals surface area contributed by atoms with Crippen molar-refractivity contribution in [2.45, 2.75) is 0 Å². The van der Waals surface area contributed by atoms with E-state index in [4.69, 9.17) is 11.6 Å². The molecule has 1 amide bonds. The molecule has 20 heavy (non-hydrogen) atoms. The third-order valence-corrected chi connectivity index (χ3v) is 5.67. The number of carbonyl (C=O) groups is 1. The highest BCUT2D eigenvalue weighted by Gasteiger charge is 2.14. The highest BCUT2D eigenvalue weighted by molar-refractivity contribution is 14.1. The number of amides is 1. The second-order valence-electron chi connectivity index (χ2n) is 3.82. The van der Waals surface area contributed by atoms with Crippen LogP contribution in [-0.4, -0.2) is 5.91 Å². The van der Waals surface area contributed by atoms with Crippen molar-refractivity contribution in [2.24, 2.45) is 0 Å². The number of benzene rings is 2. The van der Waals surface area contributed by atoms with E-state index in [0.717, 1.165) is 20.9 Å². The van der Waals surface area contributed by atoms with E-state index in [0.29, 0.717) is 10.6 Å². The lowest BCUT2D eigenvalue weighted by Crippen LogP contribution is -2.14. The van der Waals surface area contributed by atoms with Crippen molar-refractivity contribution in [2.75, 3.05) is 5.32 Å². The predicted octanol–water partition coefficient (Wildman–Crippen LogP) is 6.17. The topological polar surface area (TPSA) is 29.1 Å². The van der Waals surface area contributed by atoms with Gasteiger partial charge in [0, 0.05) is 20.2 Å². The summed E-state index contributed by atoms with van der Waals surface area (Å²) < 4.78 is 3.86. The lowest BCUT2D eigenvalue weighted by Gasteiger charge is -2.11. The first-order chi connectivity index (χ1) is 9.38. The Labute approximate surface area is 171 Å². The molecule has 0 aliphatic rings. The molecule has 104 valence electrons. The SMILES string of the molecule is O=C(Nc1c(I)cc(I)cc1I)c1cc(Cl)ccc1Br. The van der Waals surface area contributed by atoms with Crippen LogP contribution in [0.4, 0.5) is 5.69 Å². The predicted molar refractivity (Wildman–Crippen MR) is 112 cm³/mol. The zero-order chi connectivity index (χ0) is 14.9. The highest BCUT2D eigenvalue weighted by atomic mass is 127. The Hall–Kier alpha value is 0.870. The van der Waals surface area contributed by atoms with E-state index in [9.17, 15) is 4.79 Å². The highest BCUT2D eigenvalue weighted by Crippen LogP contribution is 2.29. The number of rotatable bonds is 2. The van der Waals surface area contributed by atoms with E-state index in [1.165, 1.54) is 0 Å². The Balaban J connectivity index is 2.35. The normalized spacial score (nSPS) is 10.4. The molecule has 0 unspecified atom stereocenters. The summed E-state index contributed by atoms with van der Waals surface area (Å²) in [5.41, 5.74) is 1.34.